The molecule has 5 nitrogen and oxygen atoms in total. The summed E-state index contributed by atoms with van der Waals surface area (Å²) in [6, 6.07) is -0.177. The maximum Gasteiger partial charge on any atom is 0.183 e. The molecule has 1 aromatic rings. The molecule has 2 N–H and O–H groups in total. The van der Waals surface area contributed by atoms with E-state index in [4.69, 9.17) is 22.1 Å². The van der Waals surface area contributed by atoms with Crippen LogP contribution in [0.3, 0.4) is 0 Å². The number of ether oxygens (including phenoxy) is 1. The Balaban J connectivity index is 2.74. The van der Waals surface area contributed by atoms with Crippen LogP contribution in [0.25, 0.3) is 0 Å². The van der Waals surface area contributed by atoms with Crippen molar-refractivity contribution < 1.29 is 9.53 Å². The van der Waals surface area contributed by atoms with Gasteiger partial charge in [0.1, 0.15) is 5.69 Å². The zero-order chi connectivity index (χ0) is 15.3. The van der Waals surface area contributed by atoms with Crippen LogP contribution in [0.15, 0.2) is 6.20 Å². The lowest BCUT2D eigenvalue weighted by Gasteiger charge is -2.22. The van der Waals surface area contributed by atoms with Crippen molar-refractivity contribution in [1.29, 1.82) is 0 Å². The highest BCUT2D eigenvalue weighted by Gasteiger charge is 2.22. The highest BCUT2D eigenvalue weighted by molar-refractivity contribution is 6.33. The molecule has 1 atom stereocenters. The van der Waals surface area contributed by atoms with Crippen LogP contribution < -0.4 is 5.73 Å². The third kappa shape index (κ3) is 5.23. The van der Waals surface area contributed by atoms with E-state index in [9.17, 15) is 4.79 Å². The summed E-state index contributed by atoms with van der Waals surface area (Å²) in [6.45, 7) is 7.29. The van der Waals surface area contributed by atoms with Gasteiger partial charge in [0.05, 0.1) is 24.4 Å². The van der Waals surface area contributed by atoms with Gasteiger partial charge in [-0.3, -0.25) is 9.48 Å². The number of ketones is 1. The van der Waals surface area contributed by atoms with Gasteiger partial charge in [0.25, 0.3) is 0 Å². The smallest absolute Gasteiger partial charge is 0.183 e. The number of nitrogens with zero attached hydrogens (tertiary/aromatic N) is 2. The van der Waals surface area contributed by atoms with Gasteiger partial charge in [0.15, 0.2) is 5.78 Å². The molecule has 0 spiro atoms. The van der Waals surface area contributed by atoms with Gasteiger partial charge < -0.3 is 10.5 Å². The van der Waals surface area contributed by atoms with Crippen LogP contribution >= 0.6 is 11.6 Å². The van der Waals surface area contributed by atoms with Gasteiger partial charge in [-0.25, -0.2) is 0 Å². The SMILES string of the molecule is COCCn1ncc(Cl)c1C(=O)CC(N)CC(C)(C)C. The number of nitrogens with two attached hydrogens (primary N) is 1. The molecule has 0 bridgehead atoms. The van der Waals surface area contributed by atoms with Crippen LogP contribution in [-0.4, -0.2) is 35.3 Å². The topological polar surface area (TPSA) is 70.1 Å². The van der Waals surface area contributed by atoms with Gasteiger partial charge >= 0.3 is 0 Å². The molecule has 0 aromatic carbocycles. The first-order chi connectivity index (χ1) is 9.24. The van der Waals surface area contributed by atoms with E-state index in [1.807, 2.05) is 0 Å². The Kier molecular flexibility index (Phi) is 6.17. The van der Waals surface area contributed by atoms with Crippen molar-refractivity contribution in [2.24, 2.45) is 11.1 Å². The molecule has 0 amide bonds. The standard InChI is InChI=1S/C14H24ClN3O2/c1-14(2,3)8-10(16)7-12(19)13-11(15)9-17-18(13)5-6-20-4/h9-10H,5-8,16H2,1-4H3. The largest absolute Gasteiger partial charge is 0.383 e. The zero-order valence-electron chi connectivity index (χ0n) is 12.6. The molecule has 0 fully saturated rings. The first-order valence-electron chi connectivity index (χ1n) is 6.73. The van der Waals surface area contributed by atoms with Crippen LogP contribution in [-0.2, 0) is 11.3 Å². The second-order valence-corrected chi connectivity index (χ2v) is 6.62. The van der Waals surface area contributed by atoms with E-state index < -0.39 is 0 Å². The van der Waals surface area contributed by atoms with Crippen molar-refractivity contribution in [3.8, 4) is 0 Å². The number of carbonyl (C=O) groups is 1. The predicted octanol–water partition coefficient (Wildman–Crippen LogP) is 2.52. The Labute approximate surface area is 125 Å². The molecule has 0 aliphatic heterocycles. The van der Waals surface area contributed by atoms with E-state index in [0.29, 0.717) is 23.9 Å². The molecule has 0 saturated carbocycles. The third-order valence-electron chi connectivity index (χ3n) is 2.89. The highest BCUT2D eigenvalue weighted by Crippen LogP contribution is 2.23. The lowest BCUT2D eigenvalue weighted by atomic mass is 9.86. The lowest BCUT2D eigenvalue weighted by Crippen LogP contribution is -2.29. The maximum atomic E-state index is 12.3. The lowest BCUT2D eigenvalue weighted by molar-refractivity contribution is 0.0954. The summed E-state index contributed by atoms with van der Waals surface area (Å²) < 4.78 is 6.58. The number of aromatic nitrogens is 2. The summed E-state index contributed by atoms with van der Waals surface area (Å²) in [5.74, 6) is -0.0691. The van der Waals surface area contributed by atoms with Gasteiger partial charge in [-0.1, -0.05) is 32.4 Å². The minimum Gasteiger partial charge on any atom is -0.383 e. The number of carbonyl (C=O) groups excluding carboxylic acids is 1. The average molecular weight is 302 g/mol. The molecular formula is C14H24ClN3O2. The summed E-state index contributed by atoms with van der Waals surface area (Å²) in [6.07, 6.45) is 2.54. The van der Waals surface area contributed by atoms with Crippen LogP contribution in [0, 0.1) is 5.41 Å². The van der Waals surface area contributed by atoms with Gasteiger partial charge in [0.2, 0.25) is 0 Å². The second kappa shape index (κ2) is 7.20. The monoisotopic (exact) mass is 301 g/mol. The molecule has 0 aliphatic rings. The number of methoxy groups -OCH3 is 1. The van der Waals surface area contributed by atoms with Crippen molar-refractivity contribution in [2.45, 2.75) is 46.2 Å². The minimum absolute atomic E-state index is 0.0691. The van der Waals surface area contributed by atoms with Crippen LogP contribution in [0.4, 0.5) is 0 Å². The number of halogens is 1. The van der Waals surface area contributed by atoms with Gasteiger partial charge in [-0.2, -0.15) is 5.10 Å². The van der Waals surface area contributed by atoms with E-state index in [1.165, 1.54) is 6.20 Å². The van der Waals surface area contributed by atoms with Crippen molar-refractivity contribution in [3.63, 3.8) is 0 Å². The first-order valence-corrected chi connectivity index (χ1v) is 7.11. The number of hydrogen-bond acceptors (Lipinski definition) is 4. The highest BCUT2D eigenvalue weighted by atomic mass is 35.5. The molecule has 0 radical (unpaired) electrons. The fraction of sp³-hybridized carbons (Fsp3) is 0.714. The first kappa shape index (κ1) is 17.1. The molecule has 0 saturated heterocycles. The van der Waals surface area contributed by atoms with E-state index in [0.717, 1.165) is 6.42 Å². The molecule has 1 rings (SSSR count). The Morgan fingerprint density at radius 1 is 1.55 bits per heavy atom. The van der Waals surface area contributed by atoms with Gasteiger partial charge in [-0.05, 0) is 11.8 Å². The van der Waals surface area contributed by atoms with E-state index in [2.05, 4.69) is 25.9 Å². The zero-order valence-corrected chi connectivity index (χ0v) is 13.4. The Bertz CT molecular complexity index is 452. The third-order valence-corrected chi connectivity index (χ3v) is 3.16. The summed E-state index contributed by atoms with van der Waals surface area (Å²) in [5.41, 5.74) is 6.57. The van der Waals surface area contributed by atoms with Gasteiger partial charge in [0, 0.05) is 19.6 Å². The maximum absolute atomic E-state index is 12.3. The minimum atomic E-state index is -0.177. The summed E-state index contributed by atoms with van der Waals surface area (Å²) in [7, 11) is 1.60. The van der Waals surface area contributed by atoms with Crippen molar-refractivity contribution in [3.05, 3.63) is 16.9 Å². The normalized spacial score (nSPS) is 13.5. The molecular weight excluding hydrogens is 278 g/mol. The number of Topliss-reactive ketones (excluding diaryl/α,β-unsaturated/α-hetero) is 1. The average Bonchev–Trinajstić information content (AvgIpc) is 2.65. The Hall–Kier alpha value is -0.910. The van der Waals surface area contributed by atoms with Crippen molar-refractivity contribution in [1.82, 2.24) is 9.78 Å². The van der Waals surface area contributed by atoms with E-state index in [-0.39, 0.29) is 23.7 Å². The van der Waals surface area contributed by atoms with Crippen molar-refractivity contribution in [2.75, 3.05) is 13.7 Å². The Morgan fingerprint density at radius 3 is 2.75 bits per heavy atom. The molecule has 20 heavy (non-hydrogen) atoms. The molecule has 114 valence electrons. The fourth-order valence-electron chi connectivity index (χ4n) is 2.18. The summed E-state index contributed by atoms with van der Waals surface area (Å²) >= 11 is 6.05. The van der Waals surface area contributed by atoms with E-state index >= 15 is 0 Å². The van der Waals surface area contributed by atoms with Gasteiger partial charge in [-0.15, -0.1) is 0 Å². The molecule has 6 heteroatoms. The van der Waals surface area contributed by atoms with Crippen LogP contribution in [0.2, 0.25) is 5.02 Å². The van der Waals surface area contributed by atoms with Crippen LogP contribution in [0.1, 0.15) is 44.1 Å². The number of rotatable bonds is 7. The second-order valence-electron chi connectivity index (χ2n) is 6.21. The molecule has 1 heterocycles. The van der Waals surface area contributed by atoms with E-state index in [1.54, 1.807) is 11.8 Å². The Morgan fingerprint density at radius 2 is 2.20 bits per heavy atom. The number of hydrogen-bond donors (Lipinski definition) is 1. The predicted molar refractivity (Wildman–Crippen MR) is 80.1 cm³/mol. The fourth-order valence-corrected chi connectivity index (χ4v) is 2.43. The molecule has 0 aliphatic carbocycles. The van der Waals surface area contributed by atoms with Crippen LogP contribution in [0.5, 0.6) is 0 Å². The summed E-state index contributed by atoms with van der Waals surface area (Å²) in [5, 5.41) is 4.47. The molecule has 1 unspecified atom stereocenters. The quantitative estimate of drug-likeness (QED) is 0.786. The molecule has 1 aromatic heterocycles. The summed E-state index contributed by atoms with van der Waals surface area (Å²) in [4.78, 5) is 12.3. The van der Waals surface area contributed by atoms with Crippen molar-refractivity contribution >= 4 is 17.4 Å².